The average molecular weight is 370 g/mol. The van der Waals surface area contributed by atoms with Crippen LogP contribution in [0.3, 0.4) is 0 Å². The number of benzene rings is 2. The fraction of sp³-hybridized carbons (Fsp3) is 0.100. The number of carbonyl (C=O) groups is 1. The minimum atomic E-state index is -0.309. The molecule has 0 aliphatic rings. The molecule has 0 unspecified atom stereocenters. The third-order valence-corrected chi connectivity index (χ3v) is 4.11. The summed E-state index contributed by atoms with van der Waals surface area (Å²) in [5, 5.41) is 6.51. The van der Waals surface area contributed by atoms with E-state index >= 15 is 0 Å². The summed E-state index contributed by atoms with van der Waals surface area (Å²) in [7, 11) is 0. The molecular formula is C20H17ClFN3O. The summed E-state index contributed by atoms with van der Waals surface area (Å²) in [6.07, 6.45) is 1.55. The van der Waals surface area contributed by atoms with Gasteiger partial charge in [-0.3, -0.25) is 4.79 Å². The van der Waals surface area contributed by atoms with Crippen molar-refractivity contribution >= 4 is 28.9 Å². The number of hydrogen-bond donors (Lipinski definition) is 2. The van der Waals surface area contributed by atoms with Gasteiger partial charge in [-0.25, -0.2) is 9.37 Å². The Bertz CT molecular complexity index is 929. The van der Waals surface area contributed by atoms with Gasteiger partial charge in [-0.15, -0.1) is 0 Å². The first-order chi connectivity index (χ1) is 12.5. The van der Waals surface area contributed by atoms with Crippen LogP contribution >= 0.6 is 11.6 Å². The normalized spacial score (nSPS) is 10.4. The fourth-order valence-corrected chi connectivity index (χ4v) is 2.65. The first kappa shape index (κ1) is 17.9. The highest BCUT2D eigenvalue weighted by molar-refractivity contribution is 6.30. The van der Waals surface area contributed by atoms with Crippen molar-refractivity contribution in [3.8, 4) is 0 Å². The van der Waals surface area contributed by atoms with Crippen LogP contribution < -0.4 is 10.6 Å². The molecule has 132 valence electrons. The zero-order chi connectivity index (χ0) is 18.5. The summed E-state index contributed by atoms with van der Waals surface area (Å²) >= 11 is 5.92. The van der Waals surface area contributed by atoms with Gasteiger partial charge in [0.1, 0.15) is 11.5 Å². The molecule has 3 aromatic rings. The maximum Gasteiger partial charge on any atom is 0.274 e. The van der Waals surface area contributed by atoms with Crippen LogP contribution in [0.4, 0.5) is 15.8 Å². The summed E-state index contributed by atoms with van der Waals surface area (Å²) in [6, 6.07) is 15.2. The Morgan fingerprint density at radius 2 is 1.96 bits per heavy atom. The third-order valence-electron chi connectivity index (χ3n) is 3.87. The van der Waals surface area contributed by atoms with E-state index in [1.165, 1.54) is 6.07 Å². The van der Waals surface area contributed by atoms with Crippen LogP contribution in [-0.4, -0.2) is 10.9 Å². The molecule has 2 aromatic carbocycles. The van der Waals surface area contributed by atoms with Gasteiger partial charge < -0.3 is 10.6 Å². The number of amides is 1. The van der Waals surface area contributed by atoms with Crippen molar-refractivity contribution in [2.24, 2.45) is 0 Å². The summed E-state index contributed by atoms with van der Waals surface area (Å²) < 4.78 is 13.6. The monoisotopic (exact) mass is 369 g/mol. The van der Waals surface area contributed by atoms with Gasteiger partial charge in [0.05, 0.1) is 11.9 Å². The van der Waals surface area contributed by atoms with Gasteiger partial charge in [0.25, 0.3) is 5.91 Å². The van der Waals surface area contributed by atoms with Crippen molar-refractivity contribution in [2.45, 2.75) is 13.5 Å². The molecule has 3 rings (SSSR count). The Kier molecular flexibility index (Phi) is 5.49. The largest absolute Gasteiger partial charge is 0.380 e. The van der Waals surface area contributed by atoms with E-state index in [2.05, 4.69) is 15.6 Å². The minimum absolute atomic E-state index is 0.262. The first-order valence-electron chi connectivity index (χ1n) is 8.04. The zero-order valence-corrected chi connectivity index (χ0v) is 14.8. The summed E-state index contributed by atoms with van der Waals surface area (Å²) in [5.74, 6) is -0.571. The number of anilines is 2. The van der Waals surface area contributed by atoms with Gasteiger partial charge in [0.15, 0.2) is 0 Å². The summed E-state index contributed by atoms with van der Waals surface area (Å²) in [6.45, 7) is 2.20. The number of halogens is 2. The highest BCUT2D eigenvalue weighted by Crippen LogP contribution is 2.20. The molecule has 0 bridgehead atoms. The van der Waals surface area contributed by atoms with Crippen LogP contribution in [0.15, 0.2) is 60.8 Å². The number of rotatable bonds is 5. The lowest BCUT2D eigenvalue weighted by atomic mass is 10.2. The molecule has 0 aliphatic heterocycles. The predicted octanol–water partition coefficient (Wildman–Crippen LogP) is 5.05. The van der Waals surface area contributed by atoms with Gasteiger partial charge in [-0.05, 0) is 48.9 Å². The molecule has 1 aromatic heterocycles. The quantitative estimate of drug-likeness (QED) is 0.662. The molecule has 0 saturated heterocycles. The predicted molar refractivity (Wildman–Crippen MR) is 102 cm³/mol. The molecule has 1 amide bonds. The van der Waals surface area contributed by atoms with Crippen LogP contribution in [-0.2, 0) is 6.54 Å². The van der Waals surface area contributed by atoms with Crippen molar-refractivity contribution in [2.75, 3.05) is 10.6 Å². The molecule has 2 N–H and O–H groups in total. The third kappa shape index (κ3) is 4.37. The highest BCUT2D eigenvalue weighted by atomic mass is 35.5. The minimum Gasteiger partial charge on any atom is -0.380 e. The Balaban J connectivity index is 1.63. The first-order valence-corrected chi connectivity index (χ1v) is 8.41. The van der Waals surface area contributed by atoms with Crippen molar-refractivity contribution in [3.05, 3.63) is 88.5 Å². The number of carbonyl (C=O) groups excluding carboxylic acids is 1. The Morgan fingerprint density at radius 3 is 2.65 bits per heavy atom. The second-order valence-electron chi connectivity index (χ2n) is 5.79. The van der Waals surface area contributed by atoms with E-state index in [-0.39, 0.29) is 17.4 Å². The highest BCUT2D eigenvalue weighted by Gasteiger charge is 2.09. The fourth-order valence-electron chi connectivity index (χ4n) is 2.43. The van der Waals surface area contributed by atoms with Crippen molar-refractivity contribution in [3.63, 3.8) is 0 Å². The molecule has 0 saturated carbocycles. The Hall–Kier alpha value is -2.92. The van der Waals surface area contributed by atoms with Crippen molar-refractivity contribution in [1.82, 2.24) is 4.98 Å². The number of aromatic nitrogens is 1. The second-order valence-corrected chi connectivity index (χ2v) is 6.23. The van der Waals surface area contributed by atoms with Crippen LogP contribution in [0.1, 0.15) is 21.6 Å². The van der Waals surface area contributed by atoms with Crippen molar-refractivity contribution in [1.29, 1.82) is 0 Å². The lowest BCUT2D eigenvalue weighted by Crippen LogP contribution is -2.14. The van der Waals surface area contributed by atoms with E-state index in [4.69, 9.17) is 11.6 Å². The topological polar surface area (TPSA) is 54.0 Å². The maximum atomic E-state index is 13.6. The lowest BCUT2D eigenvalue weighted by molar-refractivity contribution is 0.102. The van der Waals surface area contributed by atoms with Crippen LogP contribution in [0.5, 0.6) is 0 Å². The van der Waals surface area contributed by atoms with E-state index in [0.29, 0.717) is 28.5 Å². The van der Waals surface area contributed by atoms with E-state index < -0.39 is 0 Å². The SMILES string of the molecule is Cc1cc(Cl)ccc1NC(=O)c1ccc(NCc2ccccc2F)cn1. The van der Waals surface area contributed by atoms with Gasteiger partial charge in [-0.1, -0.05) is 29.8 Å². The maximum absolute atomic E-state index is 13.6. The Morgan fingerprint density at radius 1 is 1.15 bits per heavy atom. The van der Waals surface area contributed by atoms with E-state index in [9.17, 15) is 9.18 Å². The standard InChI is InChI=1S/C20H17ClFN3O/c1-13-10-15(21)6-8-18(13)25-20(26)19-9-7-16(12-24-19)23-11-14-4-2-3-5-17(14)22/h2-10,12,23H,11H2,1H3,(H,25,26). The molecule has 26 heavy (non-hydrogen) atoms. The summed E-state index contributed by atoms with van der Waals surface area (Å²) in [5.41, 5.74) is 3.10. The van der Waals surface area contributed by atoms with E-state index in [0.717, 1.165) is 5.56 Å². The number of pyridine rings is 1. The van der Waals surface area contributed by atoms with Crippen molar-refractivity contribution < 1.29 is 9.18 Å². The molecule has 0 aliphatic carbocycles. The lowest BCUT2D eigenvalue weighted by Gasteiger charge is -2.10. The number of aryl methyl sites for hydroxylation is 1. The molecule has 0 fully saturated rings. The average Bonchev–Trinajstić information content (AvgIpc) is 2.64. The Labute approximate surface area is 156 Å². The van der Waals surface area contributed by atoms with Gasteiger partial charge in [0, 0.05) is 22.8 Å². The van der Waals surface area contributed by atoms with Crippen LogP contribution in [0.2, 0.25) is 5.02 Å². The molecular weight excluding hydrogens is 353 g/mol. The van der Waals surface area contributed by atoms with Crippen LogP contribution in [0.25, 0.3) is 0 Å². The zero-order valence-electron chi connectivity index (χ0n) is 14.1. The van der Waals surface area contributed by atoms with E-state index in [1.54, 1.807) is 54.7 Å². The van der Waals surface area contributed by atoms with Gasteiger partial charge in [-0.2, -0.15) is 0 Å². The second kappa shape index (κ2) is 7.97. The molecule has 4 nitrogen and oxygen atoms in total. The molecule has 0 radical (unpaired) electrons. The van der Waals surface area contributed by atoms with Gasteiger partial charge >= 0.3 is 0 Å². The molecule has 0 spiro atoms. The smallest absolute Gasteiger partial charge is 0.274 e. The number of nitrogens with zero attached hydrogens (tertiary/aromatic N) is 1. The van der Waals surface area contributed by atoms with E-state index in [1.807, 2.05) is 6.92 Å². The molecule has 1 heterocycles. The van der Waals surface area contributed by atoms with Crippen LogP contribution in [0, 0.1) is 12.7 Å². The summed E-state index contributed by atoms with van der Waals surface area (Å²) in [4.78, 5) is 16.5. The molecule has 0 atom stereocenters. The van der Waals surface area contributed by atoms with Gasteiger partial charge in [0.2, 0.25) is 0 Å². The number of hydrogen-bond acceptors (Lipinski definition) is 3. The molecule has 6 heteroatoms. The number of nitrogens with one attached hydrogen (secondary N) is 2.